The number of nitrogens with zero attached hydrogens (tertiary/aromatic N) is 1. The quantitative estimate of drug-likeness (QED) is 0.557. The summed E-state index contributed by atoms with van der Waals surface area (Å²) in [5.41, 5.74) is 7.44. The third-order valence-corrected chi connectivity index (χ3v) is 5.15. The number of hydrogen-bond donors (Lipinski definition) is 4. The van der Waals surface area contributed by atoms with Crippen molar-refractivity contribution in [3.05, 3.63) is 41.5 Å². The third-order valence-electron chi connectivity index (χ3n) is 3.69. The van der Waals surface area contributed by atoms with Gasteiger partial charge < -0.3 is 15.8 Å². The number of rotatable bonds is 7. The van der Waals surface area contributed by atoms with Crippen LogP contribution in [-0.4, -0.2) is 47.0 Å². The standard InChI is InChI=1S/C16H23N3O4S/c1-11-13-6-5-12(10-15(13)24(21,22)19-11)9-14(23-2)16(20)18-8-4-3-7-17/h3-6,10,14,21-22H,7-9,17H2,1-2H3,(H,18,20). The first-order valence-corrected chi connectivity index (χ1v) is 9.03. The van der Waals surface area contributed by atoms with Crippen LogP contribution in [0.1, 0.15) is 18.1 Å². The summed E-state index contributed by atoms with van der Waals surface area (Å²) in [4.78, 5) is 12.5. The van der Waals surface area contributed by atoms with E-state index in [1.165, 1.54) is 7.11 Å². The lowest BCUT2D eigenvalue weighted by molar-refractivity contribution is -0.130. The van der Waals surface area contributed by atoms with Crippen LogP contribution in [0.4, 0.5) is 0 Å². The summed E-state index contributed by atoms with van der Waals surface area (Å²) >= 11 is 0. The maximum Gasteiger partial charge on any atom is 0.249 e. The molecule has 0 radical (unpaired) electrons. The highest BCUT2D eigenvalue weighted by atomic mass is 32.3. The Morgan fingerprint density at radius 2 is 2.21 bits per heavy atom. The van der Waals surface area contributed by atoms with Crippen molar-refractivity contribution in [2.75, 3.05) is 20.2 Å². The lowest BCUT2D eigenvalue weighted by atomic mass is 10.0. The fourth-order valence-corrected chi connectivity index (χ4v) is 3.86. The molecule has 7 nitrogen and oxygen atoms in total. The van der Waals surface area contributed by atoms with Gasteiger partial charge in [0.2, 0.25) is 5.91 Å². The topological polar surface area (TPSA) is 117 Å². The van der Waals surface area contributed by atoms with Crippen LogP contribution >= 0.6 is 10.8 Å². The van der Waals surface area contributed by atoms with Crippen LogP contribution in [0.3, 0.4) is 0 Å². The summed E-state index contributed by atoms with van der Waals surface area (Å²) in [5.74, 6) is -0.237. The zero-order chi connectivity index (χ0) is 17.7. The van der Waals surface area contributed by atoms with E-state index in [1.54, 1.807) is 31.2 Å². The van der Waals surface area contributed by atoms with Crippen molar-refractivity contribution in [3.8, 4) is 0 Å². The maximum absolute atomic E-state index is 12.1. The lowest BCUT2D eigenvalue weighted by Gasteiger charge is -2.24. The van der Waals surface area contributed by atoms with E-state index in [1.807, 2.05) is 6.07 Å². The molecule has 0 fully saturated rings. The SMILES string of the molecule is COC(Cc1ccc2c(c1)S(O)(O)N=C2C)C(=O)NCC=CCN. The molecule has 0 saturated carbocycles. The number of nitrogens with one attached hydrogen (secondary N) is 1. The smallest absolute Gasteiger partial charge is 0.249 e. The largest absolute Gasteiger partial charge is 0.371 e. The molecule has 1 heterocycles. The first kappa shape index (κ1) is 18.6. The average Bonchev–Trinajstić information content (AvgIpc) is 2.78. The highest BCUT2D eigenvalue weighted by Crippen LogP contribution is 2.55. The molecular weight excluding hydrogens is 330 g/mol. The second kappa shape index (κ2) is 7.91. The predicted octanol–water partition coefficient (Wildman–Crippen LogP) is 1.72. The molecule has 1 amide bonds. The van der Waals surface area contributed by atoms with Gasteiger partial charge in [0.15, 0.2) is 0 Å². The fraction of sp³-hybridized carbons (Fsp3) is 0.375. The zero-order valence-electron chi connectivity index (χ0n) is 13.7. The number of carbonyl (C=O) groups is 1. The summed E-state index contributed by atoms with van der Waals surface area (Å²) in [7, 11) is -1.67. The van der Waals surface area contributed by atoms with Crippen molar-refractivity contribution >= 4 is 22.4 Å². The van der Waals surface area contributed by atoms with E-state index in [2.05, 4.69) is 9.71 Å². The van der Waals surface area contributed by atoms with Gasteiger partial charge in [0.1, 0.15) is 6.10 Å². The lowest BCUT2D eigenvalue weighted by Crippen LogP contribution is -2.37. The van der Waals surface area contributed by atoms with E-state index in [9.17, 15) is 13.9 Å². The summed E-state index contributed by atoms with van der Waals surface area (Å²) < 4.78 is 29.2. The van der Waals surface area contributed by atoms with Crippen molar-refractivity contribution in [1.29, 1.82) is 0 Å². The normalized spacial score (nSPS) is 18.1. The number of nitrogens with two attached hydrogens (primary N) is 1. The minimum atomic E-state index is -3.13. The Labute approximate surface area is 143 Å². The van der Waals surface area contributed by atoms with Gasteiger partial charge >= 0.3 is 0 Å². The number of carbonyl (C=O) groups excluding carboxylic acids is 1. The van der Waals surface area contributed by atoms with Gasteiger partial charge in [-0.2, -0.15) is 4.40 Å². The minimum absolute atomic E-state index is 0.237. The molecule has 0 saturated heterocycles. The number of methoxy groups -OCH3 is 1. The Balaban J connectivity index is 2.07. The van der Waals surface area contributed by atoms with Crippen molar-refractivity contribution in [1.82, 2.24) is 5.32 Å². The molecule has 24 heavy (non-hydrogen) atoms. The van der Waals surface area contributed by atoms with E-state index < -0.39 is 16.9 Å². The maximum atomic E-state index is 12.1. The molecule has 0 bridgehead atoms. The molecule has 1 aliphatic rings. The average molecular weight is 353 g/mol. The Bertz CT molecular complexity index is 673. The summed E-state index contributed by atoms with van der Waals surface area (Å²) in [6.07, 6.45) is 3.19. The highest BCUT2D eigenvalue weighted by molar-refractivity contribution is 8.23. The molecule has 1 aromatic rings. The number of hydrogen-bond acceptors (Lipinski definition) is 6. The molecule has 1 atom stereocenters. The molecule has 1 aliphatic heterocycles. The summed E-state index contributed by atoms with van der Waals surface area (Å²) in [5, 5.41) is 2.74. The molecule has 132 valence electrons. The van der Waals surface area contributed by atoms with Crippen molar-refractivity contribution < 1.29 is 18.6 Å². The van der Waals surface area contributed by atoms with E-state index in [-0.39, 0.29) is 5.91 Å². The van der Waals surface area contributed by atoms with Gasteiger partial charge in [-0.25, -0.2) is 0 Å². The van der Waals surface area contributed by atoms with E-state index in [0.717, 1.165) is 11.1 Å². The fourth-order valence-electron chi connectivity index (χ4n) is 2.46. The summed E-state index contributed by atoms with van der Waals surface area (Å²) in [6.45, 7) is 2.54. The highest BCUT2D eigenvalue weighted by Gasteiger charge is 2.28. The van der Waals surface area contributed by atoms with Gasteiger partial charge in [-0.05, 0) is 18.6 Å². The Hall–Kier alpha value is -1.71. The van der Waals surface area contributed by atoms with E-state index >= 15 is 0 Å². The molecule has 1 unspecified atom stereocenters. The summed E-state index contributed by atoms with van der Waals surface area (Å²) in [6, 6.07) is 5.31. The van der Waals surface area contributed by atoms with Crippen LogP contribution in [-0.2, 0) is 16.0 Å². The van der Waals surface area contributed by atoms with Gasteiger partial charge in [-0.1, -0.05) is 35.1 Å². The van der Waals surface area contributed by atoms with Crippen molar-refractivity contribution in [2.24, 2.45) is 10.1 Å². The molecule has 5 N–H and O–H groups in total. The van der Waals surface area contributed by atoms with Crippen LogP contribution in [0.5, 0.6) is 0 Å². The zero-order valence-corrected chi connectivity index (χ0v) is 14.5. The van der Waals surface area contributed by atoms with Crippen LogP contribution in [0, 0.1) is 0 Å². The van der Waals surface area contributed by atoms with Gasteiger partial charge in [0.25, 0.3) is 0 Å². The molecule has 0 spiro atoms. The predicted molar refractivity (Wildman–Crippen MR) is 95.5 cm³/mol. The Kier molecular flexibility index (Phi) is 6.14. The number of fused-ring (bicyclic) bond motifs is 1. The first-order chi connectivity index (χ1) is 11.4. The molecule has 2 rings (SSSR count). The molecule has 0 aromatic heterocycles. The Morgan fingerprint density at radius 3 is 2.88 bits per heavy atom. The van der Waals surface area contributed by atoms with Gasteiger partial charge in [-0.3, -0.25) is 13.9 Å². The molecule has 8 heteroatoms. The monoisotopic (exact) mass is 353 g/mol. The second-order valence-electron chi connectivity index (χ2n) is 5.41. The van der Waals surface area contributed by atoms with Crippen LogP contribution < -0.4 is 11.1 Å². The van der Waals surface area contributed by atoms with Crippen LogP contribution in [0.2, 0.25) is 0 Å². The Morgan fingerprint density at radius 1 is 1.46 bits per heavy atom. The number of benzene rings is 1. The van der Waals surface area contributed by atoms with Crippen LogP contribution in [0.15, 0.2) is 39.6 Å². The van der Waals surface area contributed by atoms with Crippen molar-refractivity contribution in [3.63, 3.8) is 0 Å². The molecule has 0 aliphatic carbocycles. The van der Waals surface area contributed by atoms with E-state index in [4.69, 9.17) is 10.5 Å². The third kappa shape index (κ3) is 4.22. The number of amides is 1. The number of ether oxygens (including phenoxy) is 1. The first-order valence-electron chi connectivity index (χ1n) is 7.52. The van der Waals surface area contributed by atoms with Gasteiger partial charge in [0, 0.05) is 32.2 Å². The molecular formula is C16H23N3O4S. The van der Waals surface area contributed by atoms with Crippen LogP contribution in [0.25, 0.3) is 0 Å². The van der Waals surface area contributed by atoms with Crippen molar-refractivity contribution in [2.45, 2.75) is 24.3 Å². The minimum Gasteiger partial charge on any atom is -0.371 e. The van der Waals surface area contributed by atoms with Gasteiger partial charge in [0.05, 0.1) is 10.6 Å². The van der Waals surface area contributed by atoms with Gasteiger partial charge in [-0.15, -0.1) is 0 Å². The molecule has 1 aromatic carbocycles. The van der Waals surface area contributed by atoms with E-state index in [0.29, 0.717) is 30.1 Å². The second-order valence-corrected chi connectivity index (χ2v) is 7.07.